The summed E-state index contributed by atoms with van der Waals surface area (Å²) in [6.07, 6.45) is -6.23. The van der Waals surface area contributed by atoms with Gasteiger partial charge in [-0.1, -0.05) is 12.6 Å². The van der Waals surface area contributed by atoms with Crippen molar-refractivity contribution in [2.75, 3.05) is 39.8 Å². The third-order valence-corrected chi connectivity index (χ3v) is 5.96. The third kappa shape index (κ3) is 8.95. The zero-order valence-electron chi connectivity index (χ0n) is 21.8. The molecule has 1 aliphatic heterocycles. The van der Waals surface area contributed by atoms with Crippen molar-refractivity contribution in [2.45, 2.75) is 26.3 Å². The van der Waals surface area contributed by atoms with Gasteiger partial charge in [0.05, 0.1) is 6.61 Å². The van der Waals surface area contributed by atoms with Crippen molar-refractivity contribution in [1.82, 2.24) is 15.1 Å². The molecule has 2 aromatic rings. The molecule has 0 aromatic heterocycles. The summed E-state index contributed by atoms with van der Waals surface area (Å²) in [5.41, 5.74) is 1.34. The molecule has 12 heteroatoms. The monoisotopic (exact) mass is 555 g/mol. The number of benzene rings is 2. The van der Waals surface area contributed by atoms with E-state index in [4.69, 9.17) is 0 Å². The molecule has 7 nitrogen and oxygen atoms in total. The molecule has 39 heavy (non-hydrogen) atoms. The lowest BCUT2D eigenvalue weighted by atomic mass is 9.98. The molecule has 0 saturated carbocycles. The molecule has 1 heterocycles. The molecule has 1 fully saturated rings. The van der Waals surface area contributed by atoms with E-state index in [-0.39, 0.29) is 30.5 Å². The van der Waals surface area contributed by atoms with E-state index in [1.807, 2.05) is 18.1 Å². The van der Waals surface area contributed by atoms with Gasteiger partial charge in [-0.2, -0.15) is 8.78 Å². The molecule has 0 aliphatic carbocycles. The summed E-state index contributed by atoms with van der Waals surface area (Å²) in [5, 5.41) is 3.97. The Morgan fingerprint density at radius 3 is 2.38 bits per heavy atom. The minimum Gasteiger partial charge on any atom is -0.406 e. The first-order chi connectivity index (χ1) is 18.1. The number of nitrogens with zero attached hydrogens (tertiary/aromatic N) is 2. The van der Waals surface area contributed by atoms with Gasteiger partial charge in [0.25, 0.3) is 11.8 Å². The molecule has 2 aromatic carbocycles. The number of aryl methyl sites for hydroxylation is 1. The molecule has 1 N–H and O–H groups in total. The van der Waals surface area contributed by atoms with Gasteiger partial charge in [-0.25, -0.2) is 0 Å². The number of likely N-dealkylation sites (tertiary alicyclic amines) is 1. The van der Waals surface area contributed by atoms with Gasteiger partial charge < -0.3 is 24.6 Å². The zero-order valence-corrected chi connectivity index (χ0v) is 21.8. The van der Waals surface area contributed by atoms with Crippen LogP contribution in [0, 0.1) is 12.8 Å². The molecule has 0 bridgehead atoms. The van der Waals surface area contributed by atoms with Crippen LogP contribution in [0.3, 0.4) is 0 Å². The number of hydrogen-bond acceptors (Lipinski definition) is 5. The van der Waals surface area contributed by atoms with Crippen LogP contribution in [-0.4, -0.2) is 73.9 Å². The van der Waals surface area contributed by atoms with Crippen LogP contribution >= 0.6 is 0 Å². The molecule has 0 radical (unpaired) electrons. The Kier molecular flexibility index (Phi) is 9.21. The molecule has 0 atom stereocenters. The zero-order chi connectivity index (χ0) is 29.0. The van der Waals surface area contributed by atoms with Gasteiger partial charge in [0.2, 0.25) is 0 Å². The summed E-state index contributed by atoms with van der Waals surface area (Å²) < 4.78 is 70.6. The van der Waals surface area contributed by atoms with Crippen molar-refractivity contribution in [2.24, 2.45) is 5.92 Å². The number of hydrogen-bond donors (Lipinski definition) is 1. The summed E-state index contributed by atoms with van der Waals surface area (Å²) in [5.74, 6) is -0.923. The molecular weight excluding hydrogens is 525 g/mol. The molecule has 3 rings (SSSR count). The number of halogens is 5. The van der Waals surface area contributed by atoms with E-state index in [9.17, 15) is 31.5 Å². The Morgan fingerprint density at radius 2 is 1.79 bits per heavy atom. The van der Waals surface area contributed by atoms with E-state index in [2.05, 4.69) is 21.4 Å². The van der Waals surface area contributed by atoms with Crippen molar-refractivity contribution >= 4 is 24.6 Å². The lowest BCUT2D eigenvalue weighted by Gasteiger charge is -2.41. The number of rotatable bonds is 10. The standard InChI is InChI=1S/C27H30F5N3O4/c1-17-11-18(2)23(24(36)33-9-10-38-26(3,28)29)12-21(17)16-34(4)13-19-14-35(15-19)25(37)20-5-7-22(8-6-20)39-27(30,31)32/h5-8,11-12,16,19H,1,9-10,13-15H2,2-4H3,(H,33,36)/b21-16-. The van der Waals surface area contributed by atoms with E-state index < -0.39 is 24.1 Å². The fraction of sp³-hybridized carbons (Fsp3) is 0.407. The smallest absolute Gasteiger partial charge is 0.406 e. The van der Waals surface area contributed by atoms with Crippen molar-refractivity contribution in [3.05, 3.63) is 63.5 Å². The van der Waals surface area contributed by atoms with Crippen LogP contribution in [0.1, 0.15) is 33.2 Å². The number of carbonyl (C=O) groups excluding carboxylic acids is 2. The number of ether oxygens (including phenoxy) is 2. The highest BCUT2D eigenvalue weighted by Gasteiger charge is 2.33. The van der Waals surface area contributed by atoms with Crippen molar-refractivity contribution in [3.63, 3.8) is 0 Å². The Labute approximate surface area is 222 Å². The Hall–Kier alpha value is -3.67. The molecule has 0 unspecified atom stereocenters. The predicted molar refractivity (Wildman–Crippen MR) is 134 cm³/mol. The predicted octanol–water partition coefficient (Wildman–Crippen LogP) is 3.11. The van der Waals surface area contributed by atoms with Gasteiger partial charge in [-0.05, 0) is 53.3 Å². The number of nitrogens with one attached hydrogen (secondary N) is 1. The highest BCUT2D eigenvalue weighted by Crippen LogP contribution is 2.24. The first-order valence-electron chi connectivity index (χ1n) is 12.1. The highest BCUT2D eigenvalue weighted by molar-refractivity contribution is 5.95. The molecular formula is C27H30F5N3O4. The summed E-state index contributed by atoms with van der Waals surface area (Å²) >= 11 is 0. The van der Waals surface area contributed by atoms with E-state index in [0.29, 0.717) is 48.1 Å². The lowest BCUT2D eigenvalue weighted by molar-refractivity contribution is -0.274. The maximum Gasteiger partial charge on any atom is 0.573 e. The average Bonchev–Trinajstić information content (AvgIpc) is 2.79. The topological polar surface area (TPSA) is 71.1 Å². The summed E-state index contributed by atoms with van der Waals surface area (Å²) in [6, 6.07) is 8.24. The molecule has 1 saturated heterocycles. The van der Waals surface area contributed by atoms with Gasteiger partial charge >= 0.3 is 12.5 Å². The Bertz CT molecular complexity index is 1290. The van der Waals surface area contributed by atoms with Crippen LogP contribution in [0.15, 0.2) is 36.4 Å². The van der Waals surface area contributed by atoms with E-state index in [1.54, 1.807) is 24.0 Å². The quantitative estimate of drug-likeness (QED) is 0.361. The van der Waals surface area contributed by atoms with Crippen LogP contribution < -0.4 is 20.5 Å². The van der Waals surface area contributed by atoms with Crippen molar-refractivity contribution in [1.29, 1.82) is 0 Å². The number of amides is 2. The minimum absolute atomic E-state index is 0.0742. The second kappa shape index (κ2) is 12.0. The van der Waals surface area contributed by atoms with Gasteiger partial charge in [0.15, 0.2) is 0 Å². The maximum absolute atomic E-state index is 12.8. The summed E-state index contributed by atoms with van der Waals surface area (Å²) in [6.45, 7) is 7.58. The lowest BCUT2D eigenvalue weighted by Crippen LogP contribution is -2.53. The highest BCUT2D eigenvalue weighted by atomic mass is 19.4. The van der Waals surface area contributed by atoms with E-state index in [0.717, 1.165) is 12.1 Å². The van der Waals surface area contributed by atoms with Crippen LogP contribution in [-0.2, 0) is 4.74 Å². The normalized spacial score (nSPS) is 14.7. The van der Waals surface area contributed by atoms with Gasteiger partial charge in [0.1, 0.15) is 5.75 Å². The summed E-state index contributed by atoms with van der Waals surface area (Å²) in [4.78, 5) is 28.7. The van der Waals surface area contributed by atoms with Crippen LogP contribution in [0.5, 0.6) is 5.75 Å². The van der Waals surface area contributed by atoms with Crippen LogP contribution in [0.4, 0.5) is 22.0 Å². The summed E-state index contributed by atoms with van der Waals surface area (Å²) in [7, 11) is 1.85. The Balaban J connectivity index is 1.55. The van der Waals surface area contributed by atoms with Crippen LogP contribution in [0.25, 0.3) is 12.8 Å². The van der Waals surface area contributed by atoms with Gasteiger partial charge in [-0.15, -0.1) is 13.2 Å². The minimum atomic E-state index is -4.80. The second-order valence-corrected chi connectivity index (χ2v) is 9.50. The number of carbonyl (C=O) groups is 2. The van der Waals surface area contributed by atoms with Gasteiger partial charge in [0, 0.05) is 63.4 Å². The Morgan fingerprint density at radius 1 is 1.15 bits per heavy atom. The van der Waals surface area contributed by atoms with E-state index >= 15 is 0 Å². The molecule has 212 valence electrons. The van der Waals surface area contributed by atoms with Crippen molar-refractivity contribution in [3.8, 4) is 5.75 Å². The average molecular weight is 556 g/mol. The molecule has 0 spiro atoms. The fourth-order valence-corrected chi connectivity index (χ4v) is 4.17. The second-order valence-electron chi connectivity index (χ2n) is 9.50. The van der Waals surface area contributed by atoms with Gasteiger partial charge in [-0.3, -0.25) is 9.59 Å². The fourth-order valence-electron chi connectivity index (χ4n) is 4.17. The van der Waals surface area contributed by atoms with Crippen molar-refractivity contribution < 1.29 is 41.0 Å². The van der Waals surface area contributed by atoms with Crippen LogP contribution in [0.2, 0.25) is 0 Å². The van der Waals surface area contributed by atoms with E-state index in [1.165, 1.54) is 12.1 Å². The molecule has 1 aliphatic rings. The molecule has 2 amide bonds. The first-order valence-corrected chi connectivity index (χ1v) is 12.1. The number of alkyl halides is 5. The maximum atomic E-state index is 12.8. The largest absolute Gasteiger partial charge is 0.573 e. The third-order valence-electron chi connectivity index (χ3n) is 5.96. The first kappa shape index (κ1) is 29.9. The SMILES string of the molecule is C=c1cc(C)c(C(=O)NCCOC(C)(F)F)c/c1=C/N(C)CC1CN(C(=O)c2ccc(OC(F)(F)F)cc2)C1.